The molecule has 0 aliphatic carbocycles. The minimum atomic E-state index is -1.21. The zero-order valence-electron chi connectivity index (χ0n) is 8.84. The van der Waals surface area contributed by atoms with Crippen LogP contribution in [0.5, 0.6) is 0 Å². The Bertz CT molecular complexity index is 529. The zero-order valence-corrected chi connectivity index (χ0v) is 8.84. The number of hydrogen-bond donors (Lipinski definition) is 1. The Labute approximate surface area is 90.7 Å². The maximum atomic E-state index is 10.6. The number of carboxylic acids is 1. The molecule has 1 N–H and O–H groups in total. The first-order valence-electron chi connectivity index (χ1n) is 4.72. The largest absolute Gasteiger partial charge is 0.475 e. The predicted octanol–water partition coefficient (Wildman–Crippen LogP) is 0.731. The van der Waals surface area contributed by atoms with E-state index >= 15 is 0 Å². The molecule has 0 saturated heterocycles. The van der Waals surface area contributed by atoms with Gasteiger partial charge in [-0.2, -0.15) is 10.1 Å². The summed E-state index contributed by atoms with van der Waals surface area (Å²) in [6.07, 6.45) is 0.785. The molecule has 2 heterocycles. The molecule has 0 fully saturated rings. The number of nitrogens with zero attached hydrogens (tertiary/aromatic N) is 4. The van der Waals surface area contributed by atoms with Crippen LogP contribution in [0.25, 0.3) is 11.6 Å². The molecule has 2 aromatic heterocycles. The van der Waals surface area contributed by atoms with Gasteiger partial charge in [0.25, 0.3) is 11.7 Å². The Kier molecular flexibility index (Phi) is 2.43. The molecule has 0 bridgehead atoms. The standard InChI is InChI=1S/C9H10N4O3/c1-3-5-4-6(13(2)11-5)8-10-7(9(14)15)12-16-8/h4H,3H2,1-2H3,(H,14,15). The van der Waals surface area contributed by atoms with Gasteiger partial charge in [0.05, 0.1) is 5.69 Å². The number of carbonyl (C=O) groups is 1. The molecule has 84 valence electrons. The first-order chi connectivity index (χ1) is 7.61. The number of carboxylic acid groups (broad SMARTS) is 1. The lowest BCUT2D eigenvalue weighted by atomic mass is 10.3. The van der Waals surface area contributed by atoms with Gasteiger partial charge in [-0.1, -0.05) is 6.92 Å². The molecule has 0 aliphatic heterocycles. The van der Waals surface area contributed by atoms with Crippen LogP contribution >= 0.6 is 0 Å². The average molecular weight is 222 g/mol. The SMILES string of the molecule is CCc1cc(-c2nc(C(=O)O)no2)n(C)n1. The van der Waals surface area contributed by atoms with Crippen LogP contribution in [-0.2, 0) is 13.5 Å². The molecular formula is C9H10N4O3. The maximum Gasteiger partial charge on any atom is 0.377 e. The van der Waals surface area contributed by atoms with Crippen molar-refractivity contribution < 1.29 is 14.4 Å². The van der Waals surface area contributed by atoms with Gasteiger partial charge in [-0.25, -0.2) is 4.79 Å². The summed E-state index contributed by atoms with van der Waals surface area (Å²) in [6.45, 7) is 1.97. The topological polar surface area (TPSA) is 94.0 Å². The molecule has 0 radical (unpaired) electrons. The van der Waals surface area contributed by atoms with Crippen LogP contribution < -0.4 is 0 Å². The van der Waals surface area contributed by atoms with Crippen molar-refractivity contribution in [2.24, 2.45) is 7.05 Å². The maximum absolute atomic E-state index is 10.6. The fraction of sp³-hybridized carbons (Fsp3) is 0.333. The third kappa shape index (κ3) is 1.67. The highest BCUT2D eigenvalue weighted by molar-refractivity contribution is 5.83. The predicted molar refractivity (Wildman–Crippen MR) is 52.8 cm³/mol. The van der Waals surface area contributed by atoms with Crippen molar-refractivity contribution in [1.29, 1.82) is 0 Å². The second-order valence-corrected chi connectivity index (χ2v) is 3.23. The van der Waals surface area contributed by atoms with Gasteiger partial charge in [-0.15, -0.1) is 0 Å². The Morgan fingerprint density at radius 3 is 2.88 bits per heavy atom. The Morgan fingerprint density at radius 2 is 2.38 bits per heavy atom. The summed E-state index contributed by atoms with van der Waals surface area (Å²) in [5, 5.41) is 16.2. The number of aromatic carboxylic acids is 1. The van der Waals surface area contributed by atoms with E-state index in [1.807, 2.05) is 6.92 Å². The summed E-state index contributed by atoms with van der Waals surface area (Å²) >= 11 is 0. The van der Waals surface area contributed by atoms with Crippen LogP contribution in [0.2, 0.25) is 0 Å². The van der Waals surface area contributed by atoms with Crippen molar-refractivity contribution in [2.75, 3.05) is 0 Å². The first-order valence-corrected chi connectivity index (χ1v) is 4.72. The van der Waals surface area contributed by atoms with E-state index in [2.05, 4.69) is 15.2 Å². The smallest absolute Gasteiger partial charge is 0.377 e. The number of hydrogen-bond acceptors (Lipinski definition) is 5. The fourth-order valence-corrected chi connectivity index (χ4v) is 1.31. The molecule has 0 atom stereocenters. The first kappa shape index (κ1) is 10.3. The van der Waals surface area contributed by atoms with Crippen molar-refractivity contribution in [3.63, 3.8) is 0 Å². The van der Waals surface area contributed by atoms with Gasteiger partial charge >= 0.3 is 5.97 Å². The number of aryl methyl sites for hydroxylation is 2. The van der Waals surface area contributed by atoms with Crippen LogP contribution in [0.3, 0.4) is 0 Å². The minimum absolute atomic E-state index is 0.159. The summed E-state index contributed by atoms with van der Waals surface area (Å²) < 4.78 is 6.43. The number of rotatable bonds is 3. The summed E-state index contributed by atoms with van der Waals surface area (Å²) in [7, 11) is 1.74. The zero-order chi connectivity index (χ0) is 11.7. The molecule has 0 aliphatic rings. The fourth-order valence-electron chi connectivity index (χ4n) is 1.31. The van der Waals surface area contributed by atoms with Crippen molar-refractivity contribution in [3.05, 3.63) is 17.6 Å². The Morgan fingerprint density at radius 1 is 1.62 bits per heavy atom. The lowest BCUT2D eigenvalue weighted by molar-refractivity contribution is 0.0680. The van der Waals surface area contributed by atoms with E-state index in [0.29, 0.717) is 5.69 Å². The lowest BCUT2D eigenvalue weighted by Gasteiger charge is -1.92. The Balaban J connectivity index is 2.41. The van der Waals surface area contributed by atoms with Gasteiger partial charge in [-0.3, -0.25) is 4.68 Å². The second kappa shape index (κ2) is 3.76. The van der Waals surface area contributed by atoms with E-state index in [1.54, 1.807) is 17.8 Å². The van der Waals surface area contributed by atoms with E-state index < -0.39 is 5.97 Å². The molecule has 2 rings (SSSR count). The molecule has 7 heteroatoms. The summed E-state index contributed by atoms with van der Waals surface area (Å²) in [4.78, 5) is 14.3. The molecule has 0 spiro atoms. The van der Waals surface area contributed by atoms with Gasteiger partial charge < -0.3 is 9.63 Å². The lowest BCUT2D eigenvalue weighted by Crippen LogP contribution is -1.99. The third-order valence-corrected chi connectivity index (χ3v) is 2.13. The summed E-state index contributed by atoms with van der Waals surface area (Å²) in [5.41, 5.74) is 1.49. The van der Waals surface area contributed by atoms with Gasteiger partial charge in [0, 0.05) is 7.05 Å². The monoisotopic (exact) mass is 222 g/mol. The molecule has 0 aromatic carbocycles. The van der Waals surface area contributed by atoms with Crippen LogP contribution in [0.1, 0.15) is 23.2 Å². The Hall–Kier alpha value is -2.18. The normalized spacial score (nSPS) is 10.6. The molecule has 0 saturated carbocycles. The van der Waals surface area contributed by atoms with Crippen molar-refractivity contribution in [1.82, 2.24) is 19.9 Å². The van der Waals surface area contributed by atoms with E-state index in [9.17, 15) is 4.79 Å². The van der Waals surface area contributed by atoms with Gasteiger partial charge in [-0.05, 0) is 17.6 Å². The highest BCUT2D eigenvalue weighted by atomic mass is 16.5. The van der Waals surface area contributed by atoms with Crippen molar-refractivity contribution >= 4 is 5.97 Å². The van der Waals surface area contributed by atoms with Gasteiger partial charge in [0.15, 0.2) is 0 Å². The quantitative estimate of drug-likeness (QED) is 0.822. The van der Waals surface area contributed by atoms with E-state index in [1.165, 1.54) is 0 Å². The van der Waals surface area contributed by atoms with Crippen molar-refractivity contribution in [2.45, 2.75) is 13.3 Å². The minimum Gasteiger partial charge on any atom is -0.475 e. The van der Waals surface area contributed by atoms with E-state index in [0.717, 1.165) is 12.1 Å². The van der Waals surface area contributed by atoms with Crippen LogP contribution in [0, 0.1) is 0 Å². The molecule has 0 amide bonds. The molecular weight excluding hydrogens is 212 g/mol. The highest BCUT2D eigenvalue weighted by Crippen LogP contribution is 2.17. The molecule has 0 unspecified atom stereocenters. The van der Waals surface area contributed by atoms with Crippen molar-refractivity contribution in [3.8, 4) is 11.6 Å². The van der Waals surface area contributed by atoms with Gasteiger partial charge in [0.2, 0.25) is 0 Å². The van der Waals surface area contributed by atoms with Crippen LogP contribution in [-0.4, -0.2) is 31.0 Å². The molecule has 16 heavy (non-hydrogen) atoms. The summed E-state index contributed by atoms with van der Waals surface area (Å²) in [5.74, 6) is -1.41. The molecule has 7 nitrogen and oxygen atoms in total. The van der Waals surface area contributed by atoms with E-state index in [-0.39, 0.29) is 11.7 Å². The van der Waals surface area contributed by atoms with E-state index in [4.69, 9.17) is 9.63 Å². The highest BCUT2D eigenvalue weighted by Gasteiger charge is 2.17. The van der Waals surface area contributed by atoms with Crippen LogP contribution in [0.15, 0.2) is 10.6 Å². The van der Waals surface area contributed by atoms with Crippen LogP contribution in [0.4, 0.5) is 0 Å². The summed E-state index contributed by atoms with van der Waals surface area (Å²) in [6, 6.07) is 1.79. The van der Waals surface area contributed by atoms with Gasteiger partial charge in [0.1, 0.15) is 5.69 Å². The second-order valence-electron chi connectivity index (χ2n) is 3.23. The molecule has 2 aromatic rings. The average Bonchev–Trinajstić information content (AvgIpc) is 2.83. The third-order valence-electron chi connectivity index (χ3n) is 2.13. The number of aromatic nitrogens is 4.